The monoisotopic (exact) mass is 420 g/mol. The molecule has 2 aromatic rings. The zero-order chi connectivity index (χ0) is 21.0. The van der Waals surface area contributed by atoms with Gasteiger partial charge in [0.05, 0.1) is 17.7 Å². The Bertz CT molecular complexity index is 957. The molecule has 1 heterocycles. The molecule has 0 aliphatic carbocycles. The molecule has 1 fully saturated rings. The maximum absolute atomic E-state index is 13.7. The van der Waals surface area contributed by atoms with Crippen molar-refractivity contribution < 1.29 is 23.1 Å². The molecule has 2 amide bonds. The summed E-state index contributed by atoms with van der Waals surface area (Å²) in [7, 11) is 1.38. The second-order valence-electron chi connectivity index (χ2n) is 6.47. The van der Waals surface area contributed by atoms with E-state index in [0.717, 1.165) is 6.07 Å². The summed E-state index contributed by atoms with van der Waals surface area (Å²) in [6, 6.07) is 8.06. The predicted octanol–water partition coefficient (Wildman–Crippen LogP) is 3.62. The van der Waals surface area contributed by atoms with Gasteiger partial charge in [-0.05, 0) is 42.0 Å². The number of ether oxygens (including phenoxy) is 1. The van der Waals surface area contributed by atoms with Gasteiger partial charge in [0.25, 0.3) is 5.91 Å². The van der Waals surface area contributed by atoms with Crippen LogP contribution in [0.4, 0.5) is 8.78 Å². The topological polar surface area (TPSA) is 49.9 Å². The number of benzene rings is 2. The van der Waals surface area contributed by atoms with Crippen molar-refractivity contribution in [3.05, 3.63) is 70.3 Å². The number of hydrogen-bond acceptors (Lipinski definition) is 3. The molecule has 0 N–H and O–H groups in total. The minimum atomic E-state index is -0.509. The van der Waals surface area contributed by atoms with Crippen LogP contribution in [0.3, 0.4) is 0 Å². The third-order valence-corrected chi connectivity index (χ3v) is 4.95. The van der Waals surface area contributed by atoms with Gasteiger partial charge in [-0.2, -0.15) is 0 Å². The van der Waals surface area contributed by atoms with E-state index in [2.05, 4.69) is 0 Å². The number of piperazine rings is 1. The highest BCUT2D eigenvalue weighted by Gasteiger charge is 2.25. The van der Waals surface area contributed by atoms with Crippen molar-refractivity contribution in [2.24, 2.45) is 0 Å². The Morgan fingerprint density at radius 1 is 1.03 bits per heavy atom. The molecule has 0 aromatic heterocycles. The number of carbonyl (C=O) groups is 2. The van der Waals surface area contributed by atoms with E-state index in [1.54, 1.807) is 15.9 Å². The molecule has 0 radical (unpaired) electrons. The number of nitrogens with zero attached hydrogens (tertiary/aromatic N) is 2. The molecule has 152 valence electrons. The Balaban J connectivity index is 1.58. The van der Waals surface area contributed by atoms with Crippen LogP contribution in [0.1, 0.15) is 15.9 Å². The fourth-order valence-electron chi connectivity index (χ4n) is 3.02. The highest BCUT2D eigenvalue weighted by Crippen LogP contribution is 2.21. The summed E-state index contributed by atoms with van der Waals surface area (Å²) in [6.45, 7) is 1.38. The van der Waals surface area contributed by atoms with Gasteiger partial charge in [-0.15, -0.1) is 0 Å². The van der Waals surface area contributed by atoms with Crippen molar-refractivity contribution in [1.29, 1.82) is 0 Å². The molecule has 0 spiro atoms. The standard InChI is InChI=1S/C21H19ClF2N2O3/c1-29-19-6-2-14(12-18(19)24)3-7-20(27)25-8-10-26(11-9-25)21(28)16-5-4-15(23)13-17(16)22/h2-7,12-13H,8-11H2,1H3/b7-3+. The molecule has 3 rings (SSSR count). The first-order valence-corrected chi connectivity index (χ1v) is 9.31. The predicted molar refractivity (Wildman–Crippen MR) is 106 cm³/mol. The maximum Gasteiger partial charge on any atom is 0.255 e. The fraction of sp³-hybridized carbons (Fsp3) is 0.238. The van der Waals surface area contributed by atoms with E-state index in [9.17, 15) is 18.4 Å². The molecule has 5 nitrogen and oxygen atoms in total. The number of rotatable bonds is 4. The second kappa shape index (κ2) is 9.05. The number of hydrogen-bond donors (Lipinski definition) is 0. The molecular formula is C21H19ClF2N2O3. The van der Waals surface area contributed by atoms with Crippen LogP contribution < -0.4 is 4.74 Å². The summed E-state index contributed by atoms with van der Waals surface area (Å²) in [6.07, 6.45) is 2.90. The quantitative estimate of drug-likeness (QED) is 0.710. The van der Waals surface area contributed by atoms with Gasteiger partial charge in [0, 0.05) is 32.3 Å². The van der Waals surface area contributed by atoms with Gasteiger partial charge in [-0.25, -0.2) is 8.78 Å². The molecule has 0 atom stereocenters. The van der Waals surface area contributed by atoms with Crippen molar-refractivity contribution in [2.75, 3.05) is 33.3 Å². The average molecular weight is 421 g/mol. The van der Waals surface area contributed by atoms with E-state index in [-0.39, 0.29) is 28.1 Å². The molecule has 29 heavy (non-hydrogen) atoms. The van der Waals surface area contributed by atoms with Crippen molar-refractivity contribution in [2.45, 2.75) is 0 Å². The summed E-state index contributed by atoms with van der Waals surface area (Å²) in [5.41, 5.74) is 0.769. The van der Waals surface area contributed by atoms with Gasteiger partial charge in [-0.1, -0.05) is 17.7 Å². The molecule has 0 unspecified atom stereocenters. The van der Waals surface area contributed by atoms with Gasteiger partial charge in [0.2, 0.25) is 5.91 Å². The van der Waals surface area contributed by atoms with Crippen LogP contribution in [0.25, 0.3) is 6.08 Å². The number of halogens is 3. The molecule has 0 bridgehead atoms. The number of methoxy groups -OCH3 is 1. The summed E-state index contributed by atoms with van der Waals surface area (Å²) in [5.74, 6) is -1.41. The summed E-state index contributed by atoms with van der Waals surface area (Å²) in [4.78, 5) is 28.1. The van der Waals surface area contributed by atoms with Crippen molar-refractivity contribution in [3.63, 3.8) is 0 Å². The molecule has 1 saturated heterocycles. The fourth-order valence-corrected chi connectivity index (χ4v) is 3.27. The van der Waals surface area contributed by atoms with Crippen LogP contribution in [0.2, 0.25) is 5.02 Å². The number of carbonyl (C=O) groups excluding carboxylic acids is 2. The van der Waals surface area contributed by atoms with Gasteiger partial charge in [0.1, 0.15) is 5.82 Å². The molecule has 2 aromatic carbocycles. The van der Waals surface area contributed by atoms with E-state index >= 15 is 0 Å². The van der Waals surface area contributed by atoms with Crippen LogP contribution in [0.15, 0.2) is 42.5 Å². The highest BCUT2D eigenvalue weighted by atomic mass is 35.5. The normalized spacial score (nSPS) is 14.3. The van der Waals surface area contributed by atoms with Gasteiger partial charge in [0.15, 0.2) is 11.6 Å². The Morgan fingerprint density at radius 2 is 1.72 bits per heavy atom. The Hall–Kier alpha value is -2.93. The molecule has 8 heteroatoms. The van der Waals surface area contributed by atoms with E-state index in [0.29, 0.717) is 31.7 Å². The van der Waals surface area contributed by atoms with Crippen molar-refractivity contribution >= 4 is 29.5 Å². The maximum atomic E-state index is 13.7. The highest BCUT2D eigenvalue weighted by molar-refractivity contribution is 6.33. The second-order valence-corrected chi connectivity index (χ2v) is 6.88. The first-order valence-electron chi connectivity index (χ1n) is 8.94. The molecular weight excluding hydrogens is 402 g/mol. The van der Waals surface area contributed by atoms with Crippen molar-refractivity contribution in [1.82, 2.24) is 9.80 Å². The smallest absolute Gasteiger partial charge is 0.255 e. The van der Waals surface area contributed by atoms with E-state index < -0.39 is 11.6 Å². The summed E-state index contributed by atoms with van der Waals surface area (Å²) in [5, 5.41) is 0.0585. The number of amides is 2. The van der Waals surface area contributed by atoms with Crippen molar-refractivity contribution in [3.8, 4) is 5.75 Å². The lowest BCUT2D eigenvalue weighted by Gasteiger charge is -2.34. The van der Waals surface area contributed by atoms with Gasteiger partial charge >= 0.3 is 0 Å². The van der Waals surface area contributed by atoms with Crippen LogP contribution in [0, 0.1) is 11.6 Å². The zero-order valence-electron chi connectivity index (χ0n) is 15.7. The lowest BCUT2D eigenvalue weighted by Crippen LogP contribution is -2.50. The Kier molecular flexibility index (Phi) is 6.49. The first kappa shape index (κ1) is 20.8. The Morgan fingerprint density at radius 3 is 2.34 bits per heavy atom. The molecule has 1 aliphatic rings. The Labute approximate surface area is 172 Å². The zero-order valence-corrected chi connectivity index (χ0v) is 16.5. The summed E-state index contributed by atoms with van der Waals surface area (Å²) >= 11 is 5.96. The molecule has 1 aliphatic heterocycles. The molecule has 0 saturated carbocycles. The minimum absolute atomic E-state index is 0.0585. The SMILES string of the molecule is COc1ccc(/C=C/C(=O)N2CCN(C(=O)c3ccc(F)cc3Cl)CC2)cc1F. The average Bonchev–Trinajstić information content (AvgIpc) is 2.72. The lowest BCUT2D eigenvalue weighted by atomic mass is 10.1. The lowest BCUT2D eigenvalue weighted by molar-refractivity contribution is -0.127. The van der Waals surface area contributed by atoms with Gasteiger partial charge < -0.3 is 14.5 Å². The van der Waals surface area contributed by atoms with Crippen LogP contribution >= 0.6 is 11.6 Å². The summed E-state index contributed by atoms with van der Waals surface area (Å²) < 4.78 is 31.7. The third-order valence-electron chi connectivity index (χ3n) is 4.63. The first-order chi connectivity index (χ1) is 13.9. The van der Waals surface area contributed by atoms with Gasteiger partial charge in [-0.3, -0.25) is 9.59 Å². The minimum Gasteiger partial charge on any atom is -0.494 e. The van der Waals surface area contributed by atoms with E-state index in [1.807, 2.05) is 0 Å². The van der Waals surface area contributed by atoms with E-state index in [1.165, 1.54) is 43.5 Å². The van der Waals surface area contributed by atoms with Crippen LogP contribution in [-0.4, -0.2) is 54.9 Å². The van der Waals surface area contributed by atoms with Crippen LogP contribution in [0.5, 0.6) is 5.75 Å². The van der Waals surface area contributed by atoms with Crippen LogP contribution in [-0.2, 0) is 4.79 Å². The van der Waals surface area contributed by atoms with E-state index in [4.69, 9.17) is 16.3 Å². The largest absolute Gasteiger partial charge is 0.494 e. The third kappa shape index (κ3) is 4.92.